The molecule has 0 atom stereocenters. The van der Waals surface area contributed by atoms with Crippen molar-refractivity contribution in [3.63, 3.8) is 0 Å². The van der Waals surface area contributed by atoms with Crippen molar-refractivity contribution in [2.24, 2.45) is 0 Å². The Morgan fingerprint density at radius 3 is 2.82 bits per heavy atom. The quantitative estimate of drug-likeness (QED) is 0.729. The van der Waals surface area contributed by atoms with Gasteiger partial charge in [-0.05, 0) is 35.9 Å². The van der Waals surface area contributed by atoms with Crippen molar-refractivity contribution in [2.75, 3.05) is 12.4 Å². The number of nitrogens with one attached hydrogen (secondary N) is 1. The van der Waals surface area contributed by atoms with Gasteiger partial charge in [-0.1, -0.05) is 18.2 Å². The number of anilines is 1. The SMILES string of the molecule is COc1ccc(CNc2ccccc2C=O)c2ncccc12. The molecule has 4 heteroatoms. The maximum Gasteiger partial charge on any atom is 0.152 e. The maximum atomic E-state index is 11.1. The lowest BCUT2D eigenvalue weighted by atomic mass is 10.1. The van der Waals surface area contributed by atoms with Crippen LogP contribution in [0.5, 0.6) is 5.75 Å². The molecular weight excluding hydrogens is 276 g/mol. The third kappa shape index (κ3) is 2.63. The van der Waals surface area contributed by atoms with Crippen LogP contribution in [0.4, 0.5) is 5.69 Å². The molecule has 0 saturated heterocycles. The van der Waals surface area contributed by atoms with Gasteiger partial charge in [-0.25, -0.2) is 0 Å². The Bertz CT molecular complexity index is 815. The van der Waals surface area contributed by atoms with E-state index in [1.165, 1.54) is 0 Å². The van der Waals surface area contributed by atoms with Crippen LogP contribution in [0.1, 0.15) is 15.9 Å². The summed E-state index contributed by atoms with van der Waals surface area (Å²) in [6.07, 6.45) is 2.62. The molecule has 0 aliphatic rings. The Hall–Kier alpha value is -2.88. The number of carbonyl (C=O) groups excluding carboxylic acids is 1. The van der Waals surface area contributed by atoms with Gasteiger partial charge < -0.3 is 10.1 Å². The van der Waals surface area contributed by atoms with Crippen LogP contribution in [0, 0.1) is 0 Å². The molecule has 2 aromatic carbocycles. The van der Waals surface area contributed by atoms with Gasteiger partial charge in [0.2, 0.25) is 0 Å². The summed E-state index contributed by atoms with van der Waals surface area (Å²) >= 11 is 0. The molecule has 0 amide bonds. The summed E-state index contributed by atoms with van der Waals surface area (Å²) < 4.78 is 5.38. The van der Waals surface area contributed by atoms with Crippen molar-refractivity contribution in [3.05, 3.63) is 65.9 Å². The van der Waals surface area contributed by atoms with E-state index in [0.717, 1.165) is 34.2 Å². The van der Waals surface area contributed by atoms with Gasteiger partial charge in [0.15, 0.2) is 6.29 Å². The van der Waals surface area contributed by atoms with Crippen LogP contribution in [0.2, 0.25) is 0 Å². The van der Waals surface area contributed by atoms with Gasteiger partial charge in [0.1, 0.15) is 5.75 Å². The molecule has 1 aromatic heterocycles. The first-order chi connectivity index (χ1) is 10.8. The maximum absolute atomic E-state index is 11.1. The number of carbonyl (C=O) groups is 1. The molecule has 0 radical (unpaired) electrons. The van der Waals surface area contributed by atoms with Gasteiger partial charge in [-0.2, -0.15) is 0 Å². The molecule has 3 aromatic rings. The molecular formula is C18H16N2O2. The van der Waals surface area contributed by atoms with E-state index in [0.29, 0.717) is 12.1 Å². The lowest BCUT2D eigenvalue weighted by Crippen LogP contribution is -2.03. The molecule has 1 N–H and O–H groups in total. The van der Waals surface area contributed by atoms with Crippen molar-refractivity contribution in [3.8, 4) is 5.75 Å². The smallest absolute Gasteiger partial charge is 0.152 e. The fraction of sp³-hybridized carbons (Fsp3) is 0.111. The monoisotopic (exact) mass is 292 g/mol. The number of para-hydroxylation sites is 1. The zero-order valence-electron chi connectivity index (χ0n) is 12.2. The first kappa shape index (κ1) is 14.1. The van der Waals surface area contributed by atoms with E-state index in [1.54, 1.807) is 19.4 Å². The zero-order chi connectivity index (χ0) is 15.4. The Labute approximate surface area is 128 Å². The molecule has 4 nitrogen and oxygen atoms in total. The Balaban J connectivity index is 1.93. The van der Waals surface area contributed by atoms with Gasteiger partial charge in [0.25, 0.3) is 0 Å². The number of rotatable bonds is 5. The van der Waals surface area contributed by atoms with Crippen LogP contribution in [0.3, 0.4) is 0 Å². The number of pyridine rings is 1. The Kier molecular flexibility index (Phi) is 4.01. The minimum atomic E-state index is 0.586. The number of hydrogen-bond donors (Lipinski definition) is 1. The molecule has 22 heavy (non-hydrogen) atoms. The van der Waals surface area contributed by atoms with Gasteiger partial charge in [0.05, 0.1) is 12.6 Å². The Morgan fingerprint density at radius 2 is 2.00 bits per heavy atom. The van der Waals surface area contributed by atoms with Crippen molar-refractivity contribution in [1.29, 1.82) is 0 Å². The lowest BCUT2D eigenvalue weighted by Gasteiger charge is -2.12. The van der Waals surface area contributed by atoms with E-state index >= 15 is 0 Å². The molecule has 110 valence electrons. The molecule has 0 aliphatic carbocycles. The topological polar surface area (TPSA) is 51.2 Å². The fourth-order valence-corrected chi connectivity index (χ4v) is 2.48. The number of methoxy groups -OCH3 is 1. The average Bonchev–Trinajstić information content (AvgIpc) is 2.59. The summed E-state index contributed by atoms with van der Waals surface area (Å²) in [5.41, 5.74) is 3.42. The molecule has 0 spiro atoms. The van der Waals surface area contributed by atoms with Gasteiger partial charge in [0, 0.05) is 29.4 Å². The minimum Gasteiger partial charge on any atom is -0.496 e. The first-order valence-corrected chi connectivity index (χ1v) is 7.02. The van der Waals surface area contributed by atoms with Crippen LogP contribution in [0.25, 0.3) is 10.9 Å². The molecule has 0 fully saturated rings. The second-order valence-electron chi connectivity index (χ2n) is 4.89. The van der Waals surface area contributed by atoms with Crippen molar-refractivity contribution >= 4 is 22.9 Å². The lowest BCUT2D eigenvalue weighted by molar-refractivity contribution is 0.112. The standard InChI is InChI=1S/C18H16N2O2/c1-22-17-9-8-13(18-15(17)6-4-10-19-18)11-20-16-7-3-2-5-14(16)12-21/h2-10,12,20H,11H2,1H3. The molecule has 0 bridgehead atoms. The summed E-state index contributed by atoms with van der Waals surface area (Å²) in [6, 6.07) is 15.2. The molecule has 0 unspecified atom stereocenters. The number of nitrogens with zero attached hydrogens (tertiary/aromatic N) is 1. The normalized spacial score (nSPS) is 10.4. The number of ether oxygens (including phenoxy) is 1. The predicted octanol–water partition coefficient (Wildman–Crippen LogP) is 3.67. The third-order valence-corrected chi connectivity index (χ3v) is 3.59. The second kappa shape index (κ2) is 6.26. The highest BCUT2D eigenvalue weighted by Crippen LogP contribution is 2.27. The number of fused-ring (bicyclic) bond motifs is 1. The molecule has 0 saturated carbocycles. The fourth-order valence-electron chi connectivity index (χ4n) is 2.48. The highest BCUT2D eigenvalue weighted by Gasteiger charge is 2.08. The van der Waals surface area contributed by atoms with Crippen LogP contribution in [-0.4, -0.2) is 18.4 Å². The second-order valence-corrected chi connectivity index (χ2v) is 4.89. The summed E-state index contributed by atoms with van der Waals surface area (Å²) in [5, 5.41) is 4.28. The van der Waals surface area contributed by atoms with Crippen LogP contribution in [0.15, 0.2) is 54.7 Å². The van der Waals surface area contributed by atoms with Crippen molar-refractivity contribution in [2.45, 2.75) is 6.54 Å². The minimum absolute atomic E-state index is 0.586. The molecule has 3 rings (SSSR count). The molecule has 0 aliphatic heterocycles. The number of hydrogen-bond acceptors (Lipinski definition) is 4. The Morgan fingerprint density at radius 1 is 1.14 bits per heavy atom. The van der Waals surface area contributed by atoms with E-state index in [2.05, 4.69) is 10.3 Å². The summed E-state index contributed by atoms with van der Waals surface area (Å²) in [6.45, 7) is 0.586. The van der Waals surface area contributed by atoms with Crippen molar-refractivity contribution in [1.82, 2.24) is 4.98 Å². The highest BCUT2D eigenvalue weighted by atomic mass is 16.5. The third-order valence-electron chi connectivity index (χ3n) is 3.59. The van der Waals surface area contributed by atoms with Gasteiger partial charge >= 0.3 is 0 Å². The van der Waals surface area contributed by atoms with E-state index in [1.807, 2.05) is 42.5 Å². The average molecular weight is 292 g/mol. The highest BCUT2D eigenvalue weighted by molar-refractivity contribution is 5.88. The van der Waals surface area contributed by atoms with Crippen molar-refractivity contribution < 1.29 is 9.53 Å². The molecule has 1 heterocycles. The summed E-state index contributed by atoms with van der Waals surface area (Å²) in [5.74, 6) is 0.806. The summed E-state index contributed by atoms with van der Waals surface area (Å²) in [7, 11) is 1.65. The van der Waals surface area contributed by atoms with Crippen LogP contribution < -0.4 is 10.1 Å². The predicted molar refractivity (Wildman–Crippen MR) is 87.5 cm³/mol. The van der Waals surface area contributed by atoms with Gasteiger partial charge in [-0.15, -0.1) is 0 Å². The number of aromatic nitrogens is 1. The number of benzene rings is 2. The van der Waals surface area contributed by atoms with E-state index in [9.17, 15) is 4.79 Å². The van der Waals surface area contributed by atoms with E-state index in [4.69, 9.17) is 4.74 Å². The van der Waals surface area contributed by atoms with Crippen LogP contribution >= 0.6 is 0 Å². The zero-order valence-corrected chi connectivity index (χ0v) is 12.2. The largest absolute Gasteiger partial charge is 0.496 e. The summed E-state index contributed by atoms with van der Waals surface area (Å²) in [4.78, 5) is 15.5. The van der Waals surface area contributed by atoms with E-state index in [-0.39, 0.29) is 0 Å². The van der Waals surface area contributed by atoms with Gasteiger partial charge in [-0.3, -0.25) is 9.78 Å². The van der Waals surface area contributed by atoms with E-state index < -0.39 is 0 Å². The first-order valence-electron chi connectivity index (χ1n) is 7.02. The number of aldehydes is 1. The van der Waals surface area contributed by atoms with Crippen LogP contribution in [-0.2, 0) is 6.54 Å².